The average molecular weight is 696 g/mol. The molecule has 4 rings (SSSR count). The van der Waals surface area contributed by atoms with Gasteiger partial charge in [-0.25, -0.2) is 0 Å². The van der Waals surface area contributed by atoms with Crippen LogP contribution in [0.3, 0.4) is 0 Å². The number of esters is 1. The molecule has 1 amide bonds. The zero-order chi connectivity index (χ0) is 36.0. The van der Waals surface area contributed by atoms with Crippen molar-refractivity contribution in [3.05, 3.63) is 24.3 Å². The Morgan fingerprint density at radius 3 is 2.22 bits per heavy atom. The van der Waals surface area contributed by atoms with Crippen LogP contribution >= 0.6 is 0 Å². The number of allylic oxidation sites excluding steroid dienone is 4. The quantitative estimate of drug-likeness (QED) is 0.0708. The molecule has 0 aromatic carbocycles. The van der Waals surface area contributed by atoms with E-state index in [4.69, 9.17) is 9.84 Å². The van der Waals surface area contributed by atoms with Crippen LogP contribution < -0.4 is 5.32 Å². The van der Waals surface area contributed by atoms with E-state index in [2.05, 4.69) is 57.3 Å². The zero-order valence-electron chi connectivity index (χ0n) is 32.4. The number of carbonyl (C=O) groups excluding carboxylic acids is 2. The van der Waals surface area contributed by atoms with E-state index in [1.807, 2.05) is 0 Å². The highest BCUT2D eigenvalue weighted by Gasteiger charge is 2.60. The topological polar surface area (TPSA) is 92.7 Å². The van der Waals surface area contributed by atoms with Gasteiger partial charge in [0, 0.05) is 12.8 Å². The van der Waals surface area contributed by atoms with Gasteiger partial charge in [-0.2, -0.15) is 0 Å². The molecule has 6 nitrogen and oxygen atoms in total. The van der Waals surface area contributed by atoms with Crippen LogP contribution in [0.25, 0.3) is 0 Å². The van der Waals surface area contributed by atoms with Crippen molar-refractivity contribution in [3.8, 4) is 0 Å². The summed E-state index contributed by atoms with van der Waals surface area (Å²) < 4.78 is 6.12. The fraction of sp³-hybridized carbons (Fsp3) is 0.841. The molecule has 4 aliphatic carbocycles. The molecule has 4 aliphatic rings. The molecular weight excluding hydrogens is 622 g/mol. The molecule has 50 heavy (non-hydrogen) atoms. The van der Waals surface area contributed by atoms with E-state index in [-0.39, 0.29) is 24.5 Å². The van der Waals surface area contributed by atoms with E-state index in [1.54, 1.807) is 0 Å². The summed E-state index contributed by atoms with van der Waals surface area (Å²) in [6, 6.07) is 0. The molecule has 9 unspecified atom stereocenters. The van der Waals surface area contributed by atoms with Gasteiger partial charge in [0.1, 0.15) is 12.6 Å². The minimum atomic E-state index is -0.991. The highest BCUT2D eigenvalue weighted by Crippen LogP contribution is 2.68. The number of unbranched alkanes of at least 4 members (excludes halogenated alkanes) is 8. The van der Waals surface area contributed by atoms with E-state index in [9.17, 15) is 14.4 Å². The van der Waals surface area contributed by atoms with Crippen molar-refractivity contribution in [1.82, 2.24) is 5.32 Å². The van der Waals surface area contributed by atoms with Crippen molar-refractivity contribution in [2.24, 2.45) is 46.3 Å². The number of rotatable bonds is 21. The van der Waals surface area contributed by atoms with Crippen LogP contribution in [0.5, 0.6) is 0 Å². The molecule has 0 saturated heterocycles. The second kappa shape index (κ2) is 20.2. The Labute approximate surface area is 305 Å². The summed E-state index contributed by atoms with van der Waals surface area (Å²) in [7, 11) is 0. The van der Waals surface area contributed by atoms with Crippen LogP contribution in [0.4, 0.5) is 0 Å². The Morgan fingerprint density at radius 1 is 0.800 bits per heavy atom. The fourth-order valence-corrected chi connectivity index (χ4v) is 11.4. The minimum absolute atomic E-state index is 0.0249. The molecule has 0 radical (unpaired) electrons. The molecule has 4 fully saturated rings. The molecule has 6 heteroatoms. The Morgan fingerprint density at radius 2 is 1.48 bits per heavy atom. The van der Waals surface area contributed by atoms with Crippen molar-refractivity contribution < 1.29 is 24.2 Å². The summed E-state index contributed by atoms with van der Waals surface area (Å²) in [6.07, 6.45) is 35.3. The molecule has 4 saturated carbocycles. The molecule has 0 aromatic heterocycles. The van der Waals surface area contributed by atoms with Gasteiger partial charge in [0.15, 0.2) is 0 Å². The van der Waals surface area contributed by atoms with Gasteiger partial charge in [-0.15, -0.1) is 0 Å². The molecule has 0 spiro atoms. The molecule has 0 aliphatic heterocycles. The van der Waals surface area contributed by atoms with Gasteiger partial charge >= 0.3 is 11.9 Å². The van der Waals surface area contributed by atoms with Crippen LogP contribution in [0.1, 0.15) is 175 Å². The number of ether oxygens (including phenoxy) is 1. The van der Waals surface area contributed by atoms with Gasteiger partial charge in [-0.1, -0.05) is 84.1 Å². The van der Waals surface area contributed by atoms with E-state index in [1.165, 1.54) is 89.9 Å². The number of nitrogens with one attached hydrogen (secondary N) is 1. The predicted octanol–water partition coefficient (Wildman–Crippen LogP) is 11.0. The first-order valence-corrected chi connectivity index (χ1v) is 21.1. The average Bonchev–Trinajstić information content (AvgIpc) is 3.45. The lowest BCUT2D eigenvalue weighted by Gasteiger charge is -2.61. The van der Waals surface area contributed by atoms with Crippen LogP contribution in [0.2, 0.25) is 0 Å². The molecule has 9 atom stereocenters. The number of carboxylic acids is 1. The third-order valence-corrected chi connectivity index (χ3v) is 14.3. The fourth-order valence-electron chi connectivity index (χ4n) is 11.4. The Hall–Kier alpha value is -2.11. The van der Waals surface area contributed by atoms with E-state index < -0.39 is 5.97 Å². The molecular formula is C44H73NO5. The lowest BCUT2D eigenvalue weighted by atomic mass is 9.44. The molecule has 2 N–H and O–H groups in total. The van der Waals surface area contributed by atoms with Gasteiger partial charge in [0.2, 0.25) is 5.91 Å². The van der Waals surface area contributed by atoms with Crippen LogP contribution in [0.15, 0.2) is 24.3 Å². The number of hydrogen-bond acceptors (Lipinski definition) is 4. The molecule has 0 bridgehead atoms. The summed E-state index contributed by atoms with van der Waals surface area (Å²) >= 11 is 0. The smallest absolute Gasteiger partial charge is 0.322 e. The standard InChI is InChI=1S/C44H73NO5/c1-5-6-7-8-9-10-11-12-13-14-15-16-17-18-19-20-42(49)50-35-27-29-43(3)34(31-35)22-23-36-38-25-24-37(44(38,4)30-28-39(36)43)33(2)21-26-40(46)45-32-41(47)48/h9-10,12-13,33-39H,5-8,11,14-32H2,1-4H3,(H,45,46)(H,47,48)/b10-9-,13-12-. The lowest BCUT2D eigenvalue weighted by molar-refractivity contribution is -0.162. The number of amides is 1. The number of aliphatic carboxylic acids is 1. The third-order valence-electron chi connectivity index (χ3n) is 14.3. The van der Waals surface area contributed by atoms with Gasteiger partial charge in [-0.05, 0) is 149 Å². The molecule has 0 heterocycles. The minimum Gasteiger partial charge on any atom is -0.480 e. The van der Waals surface area contributed by atoms with E-state index in [0.29, 0.717) is 41.4 Å². The summed E-state index contributed by atoms with van der Waals surface area (Å²) in [5, 5.41) is 11.4. The first-order valence-electron chi connectivity index (χ1n) is 21.1. The second-order valence-corrected chi connectivity index (χ2v) is 17.4. The maximum Gasteiger partial charge on any atom is 0.322 e. The normalized spacial score (nSPS) is 32.7. The van der Waals surface area contributed by atoms with Crippen molar-refractivity contribution in [3.63, 3.8) is 0 Å². The van der Waals surface area contributed by atoms with Crippen molar-refractivity contribution in [1.29, 1.82) is 0 Å². The first-order chi connectivity index (χ1) is 24.1. The SMILES string of the molecule is CCCCC/C=C\C/C=C\CCCCCCCC(=O)OC1CCC2(C)C(CCC3C2CCC2(C)C(C(C)CCC(=O)NCC(=O)O)CCC32)C1. The van der Waals surface area contributed by atoms with Gasteiger partial charge in [-0.3, -0.25) is 14.4 Å². The molecule has 0 aromatic rings. The van der Waals surface area contributed by atoms with E-state index >= 15 is 0 Å². The zero-order valence-corrected chi connectivity index (χ0v) is 32.4. The third kappa shape index (κ3) is 11.2. The van der Waals surface area contributed by atoms with Gasteiger partial charge < -0.3 is 15.2 Å². The summed E-state index contributed by atoms with van der Waals surface area (Å²) in [6.45, 7) is 9.43. The van der Waals surface area contributed by atoms with Crippen LogP contribution in [0, 0.1) is 46.3 Å². The number of carboxylic acid groups (broad SMARTS) is 1. The number of hydrogen-bond donors (Lipinski definition) is 2. The van der Waals surface area contributed by atoms with Crippen LogP contribution in [-0.4, -0.2) is 35.6 Å². The predicted molar refractivity (Wildman–Crippen MR) is 203 cm³/mol. The maximum atomic E-state index is 12.8. The Balaban J connectivity index is 1.12. The van der Waals surface area contributed by atoms with Crippen molar-refractivity contribution in [2.45, 2.75) is 181 Å². The summed E-state index contributed by atoms with van der Waals surface area (Å²) in [5.74, 6) is 3.01. The van der Waals surface area contributed by atoms with Crippen molar-refractivity contribution in [2.75, 3.05) is 6.54 Å². The monoisotopic (exact) mass is 696 g/mol. The Bertz CT molecular complexity index is 1130. The number of fused-ring (bicyclic) bond motifs is 5. The first kappa shape index (κ1) is 40.7. The number of carbonyl (C=O) groups is 3. The summed E-state index contributed by atoms with van der Waals surface area (Å²) in [5.41, 5.74) is 0.703. The Kier molecular flexibility index (Phi) is 16.4. The highest BCUT2D eigenvalue weighted by atomic mass is 16.5. The summed E-state index contributed by atoms with van der Waals surface area (Å²) in [4.78, 5) is 35.9. The highest BCUT2D eigenvalue weighted by molar-refractivity contribution is 5.81. The van der Waals surface area contributed by atoms with E-state index in [0.717, 1.165) is 62.7 Å². The maximum absolute atomic E-state index is 12.8. The lowest BCUT2D eigenvalue weighted by Crippen LogP contribution is -2.54. The van der Waals surface area contributed by atoms with Gasteiger partial charge in [0.05, 0.1) is 0 Å². The van der Waals surface area contributed by atoms with Crippen molar-refractivity contribution >= 4 is 17.8 Å². The second-order valence-electron chi connectivity index (χ2n) is 17.4. The largest absolute Gasteiger partial charge is 0.480 e. The van der Waals surface area contributed by atoms with Crippen LogP contribution in [-0.2, 0) is 19.1 Å². The molecule has 284 valence electrons. The van der Waals surface area contributed by atoms with Gasteiger partial charge in [0.25, 0.3) is 0 Å².